The van der Waals surface area contributed by atoms with Gasteiger partial charge in [-0.25, -0.2) is 0 Å². The second-order valence-electron chi connectivity index (χ2n) is 4.21. The molecule has 0 aromatic carbocycles. The van der Waals surface area contributed by atoms with Gasteiger partial charge in [-0.2, -0.15) is 0 Å². The Bertz CT molecular complexity index is 171. The molecule has 1 saturated heterocycles. The zero-order valence-electron chi connectivity index (χ0n) is 8.34. The number of nitrogens with zero attached hydrogens (tertiary/aromatic N) is 1. The molecule has 0 unspecified atom stereocenters. The summed E-state index contributed by atoms with van der Waals surface area (Å²) in [4.78, 5) is 2.59. The van der Waals surface area contributed by atoms with E-state index in [4.69, 9.17) is 0 Å². The fraction of sp³-hybridized carbons (Fsp3) is 0.818. The van der Waals surface area contributed by atoms with E-state index in [1.807, 2.05) is 0 Å². The van der Waals surface area contributed by atoms with Crippen molar-refractivity contribution in [3.8, 4) is 0 Å². The molecule has 0 radical (unpaired) electrons. The molecule has 0 bridgehead atoms. The first-order valence-electron chi connectivity index (χ1n) is 5.53. The molecule has 0 aliphatic carbocycles. The Labute approximate surface area is 81.0 Å². The topological polar surface area (TPSA) is 15.3 Å². The lowest BCUT2D eigenvalue weighted by Gasteiger charge is -2.30. The van der Waals surface area contributed by atoms with Crippen molar-refractivity contribution in [3.63, 3.8) is 0 Å². The number of piperidine rings is 1. The molecule has 0 amide bonds. The average Bonchev–Trinajstić information content (AvgIpc) is 2.21. The normalized spacial score (nSPS) is 26.5. The standard InChI is InChI=1S/C11H20N2/c1-2-8-13(9-3-1)10-11-4-6-12-7-5-11/h1-2,11-12H,3-10H2. The third kappa shape index (κ3) is 2.82. The Hall–Kier alpha value is -0.340. The van der Waals surface area contributed by atoms with E-state index in [9.17, 15) is 0 Å². The molecule has 2 aliphatic rings. The van der Waals surface area contributed by atoms with E-state index in [2.05, 4.69) is 22.4 Å². The van der Waals surface area contributed by atoms with Crippen LogP contribution in [-0.4, -0.2) is 37.6 Å². The maximum atomic E-state index is 3.42. The third-order valence-corrected chi connectivity index (χ3v) is 3.12. The van der Waals surface area contributed by atoms with Gasteiger partial charge in [-0.3, -0.25) is 4.90 Å². The fourth-order valence-corrected chi connectivity index (χ4v) is 2.29. The molecular weight excluding hydrogens is 160 g/mol. The summed E-state index contributed by atoms with van der Waals surface area (Å²) < 4.78 is 0. The largest absolute Gasteiger partial charge is 0.317 e. The molecule has 0 aromatic heterocycles. The average molecular weight is 180 g/mol. The Morgan fingerprint density at radius 2 is 2.08 bits per heavy atom. The van der Waals surface area contributed by atoms with Crippen LogP contribution >= 0.6 is 0 Å². The summed E-state index contributed by atoms with van der Waals surface area (Å²) in [5.74, 6) is 0.952. The molecule has 2 nitrogen and oxygen atoms in total. The molecule has 2 aliphatic heterocycles. The summed E-state index contributed by atoms with van der Waals surface area (Å²) in [5, 5.41) is 3.42. The number of nitrogens with one attached hydrogen (secondary N) is 1. The van der Waals surface area contributed by atoms with E-state index in [1.165, 1.54) is 52.0 Å². The highest BCUT2D eigenvalue weighted by Gasteiger charge is 2.16. The van der Waals surface area contributed by atoms with E-state index in [-0.39, 0.29) is 0 Å². The van der Waals surface area contributed by atoms with Crippen molar-refractivity contribution in [1.82, 2.24) is 10.2 Å². The summed E-state index contributed by atoms with van der Waals surface area (Å²) in [6, 6.07) is 0. The first-order valence-corrected chi connectivity index (χ1v) is 5.53. The summed E-state index contributed by atoms with van der Waals surface area (Å²) >= 11 is 0. The summed E-state index contributed by atoms with van der Waals surface area (Å²) in [6.45, 7) is 6.25. The third-order valence-electron chi connectivity index (χ3n) is 3.12. The van der Waals surface area contributed by atoms with Crippen molar-refractivity contribution in [3.05, 3.63) is 12.2 Å². The molecule has 0 saturated carbocycles. The van der Waals surface area contributed by atoms with Crippen LogP contribution in [0, 0.1) is 5.92 Å². The highest BCUT2D eigenvalue weighted by Crippen LogP contribution is 2.14. The van der Waals surface area contributed by atoms with Crippen LogP contribution in [0.15, 0.2) is 12.2 Å². The fourth-order valence-electron chi connectivity index (χ4n) is 2.29. The molecule has 2 rings (SSSR count). The van der Waals surface area contributed by atoms with Crippen LogP contribution in [0.3, 0.4) is 0 Å². The maximum absolute atomic E-state index is 3.42. The minimum absolute atomic E-state index is 0.952. The Morgan fingerprint density at radius 1 is 1.23 bits per heavy atom. The SMILES string of the molecule is C1=CCN(CC2CCNCC2)CC1. The predicted octanol–water partition coefficient (Wildman–Crippen LogP) is 1.25. The van der Waals surface area contributed by atoms with Crippen LogP contribution in [0.2, 0.25) is 0 Å². The number of hydrogen-bond donors (Lipinski definition) is 1. The van der Waals surface area contributed by atoms with E-state index in [0.717, 1.165) is 5.92 Å². The first kappa shape index (κ1) is 9.22. The molecule has 2 heteroatoms. The quantitative estimate of drug-likeness (QED) is 0.643. The van der Waals surface area contributed by atoms with Crippen molar-refractivity contribution >= 4 is 0 Å². The van der Waals surface area contributed by atoms with Crippen LogP contribution in [0.4, 0.5) is 0 Å². The molecule has 1 fully saturated rings. The van der Waals surface area contributed by atoms with Gasteiger partial charge in [0.15, 0.2) is 0 Å². The molecule has 74 valence electrons. The van der Waals surface area contributed by atoms with Crippen molar-refractivity contribution in [2.24, 2.45) is 5.92 Å². The zero-order chi connectivity index (χ0) is 8.93. The van der Waals surface area contributed by atoms with Gasteiger partial charge in [-0.15, -0.1) is 0 Å². The van der Waals surface area contributed by atoms with E-state index < -0.39 is 0 Å². The van der Waals surface area contributed by atoms with Gasteiger partial charge < -0.3 is 5.32 Å². The van der Waals surface area contributed by atoms with Gasteiger partial charge in [-0.05, 0) is 38.3 Å². The number of rotatable bonds is 2. The lowest BCUT2D eigenvalue weighted by molar-refractivity contribution is 0.220. The highest BCUT2D eigenvalue weighted by atomic mass is 15.1. The summed E-state index contributed by atoms with van der Waals surface area (Å²) in [5.41, 5.74) is 0. The smallest absolute Gasteiger partial charge is 0.0163 e. The molecule has 0 aromatic rings. The van der Waals surface area contributed by atoms with E-state index in [0.29, 0.717) is 0 Å². The van der Waals surface area contributed by atoms with Crippen LogP contribution in [-0.2, 0) is 0 Å². The van der Waals surface area contributed by atoms with Crippen LogP contribution in [0.1, 0.15) is 19.3 Å². The van der Waals surface area contributed by atoms with Crippen molar-refractivity contribution in [2.45, 2.75) is 19.3 Å². The van der Waals surface area contributed by atoms with Crippen LogP contribution in [0.5, 0.6) is 0 Å². The second-order valence-corrected chi connectivity index (χ2v) is 4.21. The molecular formula is C11H20N2. The van der Waals surface area contributed by atoms with Gasteiger partial charge in [0, 0.05) is 19.6 Å². The summed E-state index contributed by atoms with van der Waals surface area (Å²) in [6.07, 6.45) is 8.62. The molecule has 1 N–H and O–H groups in total. The summed E-state index contributed by atoms with van der Waals surface area (Å²) in [7, 11) is 0. The lowest BCUT2D eigenvalue weighted by Crippen LogP contribution is -2.37. The highest BCUT2D eigenvalue weighted by molar-refractivity contribution is 4.91. The van der Waals surface area contributed by atoms with Gasteiger partial charge in [0.2, 0.25) is 0 Å². The second kappa shape index (κ2) is 4.77. The van der Waals surface area contributed by atoms with Gasteiger partial charge in [0.05, 0.1) is 0 Å². The van der Waals surface area contributed by atoms with Crippen LogP contribution < -0.4 is 5.32 Å². The monoisotopic (exact) mass is 180 g/mol. The van der Waals surface area contributed by atoms with Gasteiger partial charge in [-0.1, -0.05) is 12.2 Å². The minimum Gasteiger partial charge on any atom is -0.317 e. The van der Waals surface area contributed by atoms with Crippen molar-refractivity contribution < 1.29 is 0 Å². The Kier molecular flexibility index (Phi) is 3.39. The van der Waals surface area contributed by atoms with Gasteiger partial charge >= 0.3 is 0 Å². The van der Waals surface area contributed by atoms with E-state index in [1.54, 1.807) is 0 Å². The van der Waals surface area contributed by atoms with E-state index >= 15 is 0 Å². The van der Waals surface area contributed by atoms with Crippen molar-refractivity contribution in [1.29, 1.82) is 0 Å². The predicted molar refractivity (Wildman–Crippen MR) is 55.8 cm³/mol. The molecule has 0 atom stereocenters. The van der Waals surface area contributed by atoms with Gasteiger partial charge in [0.25, 0.3) is 0 Å². The Balaban J connectivity index is 1.72. The zero-order valence-corrected chi connectivity index (χ0v) is 8.34. The van der Waals surface area contributed by atoms with Gasteiger partial charge in [0.1, 0.15) is 0 Å². The maximum Gasteiger partial charge on any atom is 0.0163 e. The molecule has 13 heavy (non-hydrogen) atoms. The Morgan fingerprint density at radius 3 is 2.77 bits per heavy atom. The molecule has 2 heterocycles. The number of hydrogen-bond acceptors (Lipinski definition) is 2. The minimum atomic E-state index is 0.952. The first-order chi connectivity index (χ1) is 6.45. The van der Waals surface area contributed by atoms with Crippen molar-refractivity contribution in [2.75, 3.05) is 32.7 Å². The van der Waals surface area contributed by atoms with Crippen LogP contribution in [0.25, 0.3) is 0 Å². The lowest BCUT2D eigenvalue weighted by atomic mass is 9.97. The molecule has 0 spiro atoms.